The third kappa shape index (κ3) is 2.61. The molecule has 0 unspecified atom stereocenters. The Morgan fingerprint density at radius 3 is 2.96 bits per heavy atom. The molecule has 2 N–H and O–H groups in total. The fraction of sp³-hybridized carbons (Fsp3) is 0.263. The van der Waals surface area contributed by atoms with Crippen molar-refractivity contribution in [2.24, 2.45) is 0 Å². The molecule has 0 saturated heterocycles. The van der Waals surface area contributed by atoms with Crippen LogP contribution in [-0.2, 0) is 12.0 Å². The summed E-state index contributed by atoms with van der Waals surface area (Å²) in [5.41, 5.74) is 1.88. The summed E-state index contributed by atoms with van der Waals surface area (Å²) in [4.78, 5) is 8.37. The summed E-state index contributed by atoms with van der Waals surface area (Å²) in [5.74, 6) is 0.207. The molecule has 0 saturated carbocycles. The van der Waals surface area contributed by atoms with Crippen LogP contribution >= 0.6 is 0 Å². The Kier molecular flexibility index (Phi) is 3.65. The summed E-state index contributed by atoms with van der Waals surface area (Å²) in [6.45, 7) is 0.326. The molecule has 1 heterocycles. The first kappa shape index (κ1) is 15.0. The molecule has 0 bridgehead atoms. The van der Waals surface area contributed by atoms with Gasteiger partial charge >= 0.3 is 0 Å². The van der Waals surface area contributed by atoms with Crippen molar-refractivity contribution in [3.8, 4) is 0 Å². The molecule has 5 heteroatoms. The Labute approximate surface area is 139 Å². The fourth-order valence-electron chi connectivity index (χ4n) is 3.48. The highest BCUT2D eigenvalue weighted by molar-refractivity contribution is 5.88. The van der Waals surface area contributed by atoms with Crippen molar-refractivity contribution in [3.05, 3.63) is 65.7 Å². The first-order valence-corrected chi connectivity index (χ1v) is 8.11. The predicted octanol–water partition coefficient (Wildman–Crippen LogP) is 3.40. The minimum absolute atomic E-state index is 0.326. The van der Waals surface area contributed by atoms with Crippen LogP contribution in [0.4, 0.5) is 10.2 Å². The van der Waals surface area contributed by atoms with E-state index in [0.29, 0.717) is 29.7 Å². The van der Waals surface area contributed by atoms with Gasteiger partial charge in [0.2, 0.25) is 0 Å². The van der Waals surface area contributed by atoms with Crippen LogP contribution in [0.5, 0.6) is 0 Å². The van der Waals surface area contributed by atoms with Crippen LogP contribution in [0.2, 0.25) is 0 Å². The zero-order valence-corrected chi connectivity index (χ0v) is 13.2. The van der Waals surface area contributed by atoms with Gasteiger partial charge in [0.25, 0.3) is 0 Å². The summed E-state index contributed by atoms with van der Waals surface area (Å²) >= 11 is 0. The molecule has 1 aromatic heterocycles. The lowest BCUT2D eigenvalue weighted by Crippen LogP contribution is -2.37. The predicted molar refractivity (Wildman–Crippen MR) is 91.3 cm³/mol. The van der Waals surface area contributed by atoms with Gasteiger partial charge in [-0.15, -0.1) is 0 Å². The molecular weight excluding hydrogens is 305 g/mol. The summed E-state index contributed by atoms with van der Waals surface area (Å²) < 4.78 is 13.6. The van der Waals surface area contributed by atoms with E-state index >= 15 is 0 Å². The molecule has 0 fully saturated rings. The topological polar surface area (TPSA) is 58.0 Å². The summed E-state index contributed by atoms with van der Waals surface area (Å²) in [6, 6.07) is 12.4. The molecule has 24 heavy (non-hydrogen) atoms. The van der Waals surface area contributed by atoms with E-state index in [1.54, 1.807) is 6.07 Å². The average molecular weight is 323 g/mol. The number of benzene rings is 2. The molecule has 0 spiro atoms. The summed E-state index contributed by atoms with van der Waals surface area (Å²) in [5, 5.41) is 14.9. The molecule has 3 aromatic rings. The molecule has 2 aromatic carbocycles. The summed E-state index contributed by atoms with van der Waals surface area (Å²) in [7, 11) is 0. The van der Waals surface area contributed by atoms with Gasteiger partial charge in [-0.05, 0) is 48.6 Å². The van der Waals surface area contributed by atoms with Gasteiger partial charge in [0.05, 0.1) is 5.52 Å². The van der Waals surface area contributed by atoms with Crippen LogP contribution in [-0.4, -0.2) is 21.6 Å². The number of halogens is 1. The first-order valence-electron chi connectivity index (χ1n) is 8.11. The van der Waals surface area contributed by atoms with E-state index in [4.69, 9.17) is 0 Å². The van der Waals surface area contributed by atoms with E-state index in [0.717, 1.165) is 18.4 Å². The molecule has 0 radical (unpaired) electrons. The van der Waals surface area contributed by atoms with Crippen molar-refractivity contribution in [3.63, 3.8) is 0 Å². The van der Waals surface area contributed by atoms with Crippen molar-refractivity contribution in [1.82, 2.24) is 9.97 Å². The minimum Gasteiger partial charge on any atom is -0.383 e. The number of fused-ring (bicyclic) bond motifs is 2. The number of anilines is 1. The molecule has 1 atom stereocenters. The van der Waals surface area contributed by atoms with Gasteiger partial charge in [-0.25, -0.2) is 14.4 Å². The molecule has 1 aliphatic rings. The number of aryl methyl sites for hydroxylation is 1. The van der Waals surface area contributed by atoms with E-state index in [-0.39, 0.29) is 5.82 Å². The lowest BCUT2D eigenvalue weighted by Gasteiger charge is -2.34. The van der Waals surface area contributed by atoms with Crippen molar-refractivity contribution < 1.29 is 9.50 Å². The third-order valence-corrected chi connectivity index (χ3v) is 4.70. The van der Waals surface area contributed by atoms with Crippen LogP contribution in [0.25, 0.3) is 10.9 Å². The smallest absolute Gasteiger partial charge is 0.137 e. The zero-order chi connectivity index (χ0) is 16.6. The van der Waals surface area contributed by atoms with Crippen molar-refractivity contribution in [1.29, 1.82) is 0 Å². The van der Waals surface area contributed by atoms with E-state index in [1.807, 2.05) is 18.2 Å². The maximum Gasteiger partial charge on any atom is 0.137 e. The number of aliphatic hydroxyl groups is 1. The molecule has 4 nitrogen and oxygen atoms in total. The number of rotatable bonds is 3. The largest absolute Gasteiger partial charge is 0.383 e. The van der Waals surface area contributed by atoms with E-state index < -0.39 is 5.60 Å². The molecular formula is C19H18FN3O. The maximum absolute atomic E-state index is 13.6. The Bertz CT molecular complexity index is 899. The molecule has 0 aliphatic heterocycles. The Morgan fingerprint density at radius 1 is 1.17 bits per heavy atom. The zero-order valence-electron chi connectivity index (χ0n) is 13.2. The number of aromatic nitrogens is 2. The van der Waals surface area contributed by atoms with Crippen LogP contribution in [0.1, 0.15) is 24.0 Å². The Balaban J connectivity index is 1.65. The lowest BCUT2D eigenvalue weighted by atomic mass is 9.79. The first-order chi connectivity index (χ1) is 11.7. The maximum atomic E-state index is 13.6. The van der Waals surface area contributed by atoms with Gasteiger partial charge in [0.1, 0.15) is 23.6 Å². The van der Waals surface area contributed by atoms with Gasteiger partial charge in [-0.1, -0.05) is 24.3 Å². The van der Waals surface area contributed by atoms with Crippen molar-refractivity contribution in [2.45, 2.75) is 24.9 Å². The van der Waals surface area contributed by atoms with E-state index in [9.17, 15) is 9.50 Å². The normalized spacial score (nSPS) is 19.9. The van der Waals surface area contributed by atoms with Gasteiger partial charge in [0, 0.05) is 11.9 Å². The number of nitrogens with one attached hydrogen (secondary N) is 1. The van der Waals surface area contributed by atoms with Crippen molar-refractivity contribution in [2.75, 3.05) is 11.9 Å². The minimum atomic E-state index is -0.945. The number of nitrogens with zero attached hydrogens (tertiary/aromatic N) is 2. The standard InChI is InChI=1S/C19H18FN3O/c20-14-7-8-17-15(10-14)18(23-12-22-17)21-11-19(24)9-3-5-13-4-1-2-6-16(13)19/h1-2,4,6-8,10,12,24H,3,5,9,11H2,(H,21,22,23)/t19-/m0/s1. The molecule has 1 aliphatic carbocycles. The van der Waals surface area contributed by atoms with E-state index in [1.165, 1.54) is 24.0 Å². The number of hydrogen-bond acceptors (Lipinski definition) is 4. The molecule has 0 amide bonds. The van der Waals surface area contributed by atoms with Crippen LogP contribution in [0.15, 0.2) is 48.8 Å². The number of hydrogen-bond donors (Lipinski definition) is 2. The van der Waals surface area contributed by atoms with Crippen LogP contribution in [0.3, 0.4) is 0 Å². The third-order valence-electron chi connectivity index (χ3n) is 4.70. The van der Waals surface area contributed by atoms with Gasteiger partial charge in [-0.2, -0.15) is 0 Å². The van der Waals surface area contributed by atoms with Gasteiger partial charge in [-0.3, -0.25) is 0 Å². The lowest BCUT2D eigenvalue weighted by molar-refractivity contribution is 0.0322. The van der Waals surface area contributed by atoms with E-state index in [2.05, 4.69) is 21.4 Å². The Hall–Kier alpha value is -2.53. The second-order valence-corrected chi connectivity index (χ2v) is 6.28. The quantitative estimate of drug-likeness (QED) is 0.775. The van der Waals surface area contributed by atoms with Crippen LogP contribution < -0.4 is 5.32 Å². The molecule has 4 rings (SSSR count). The molecule has 122 valence electrons. The second kappa shape index (κ2) is 5.83. The highest BCUT2D eigenvalue weighted by atomic mass is 19.1. The fourth-order valence-corrected chi connectivity index (χ4v) is 3.48. The van der Waals surface area contributed by atoms with Gasteiger partial charge in [0.15, 0.2) is 0 Å². The highest BCUT2D eigenvalue weighted by Gasteiger charge is 2.34. The second-order valence-electron chi connectivity index (χ2n) is 6.28. The summed E-state index contributed by atoms with van der Waals surface area (Å²) in [6.07, 6.45) is 4.06. The van der Waals surface area contributed by atoms with Gasteiger partial charge < -0.3 is 10.4 Å². The van der Waals surface area contributed by atoms with Crippen LogP contribution in [0, 0.1) is 5.82 Å². The monoisotopic (exact) mass is 323 g/mol. The Morgan fingerprint density at radius 2 is 2.04 bits per heavy atom. The van der Waals surface area contributed by atoms with Crippen molar-refractivity contribution >= 4 is 16.7 Å². The highest BCUT2D eigenvalue weighted by Crippen LogP contribution is 2.35. The average Bonchev–Trinajstić information content (AvgIpc) is 2.60. The SMILES string of the molecule is O[C@]1(CNc2ncnc3ccc(F)cc23)CCCc2ccccc21.